The van der Waals surface area contributed by atoms with E-state index in [1.807, 2.05) is 12.1 Å². The van der Waals surface area contributed by atoms with Gasteiger partial charge >= 0.3 is 23.1 Å². The molecule has 2 unspecified atom stereocenters. The van der Waals surface area contributed by atoms with E-state index < -0.39 is 35.1 Å². The first-order valence-corrected chi connectivity index (χ1v) is 13.5. The summed E-state index contributed by atoms with van der Waals surface area (Å²) in [5, 5.41) is 12.0. The first-order chi connectivity index (χ1) is 20.8. The summed E-state index contributed by atoms with van der Waals surface area (Å²) in [6.45, 7) is 0.0534. The zero-order valence-electron chi connectivity index (χ0n) is 23.0. The van der Waals surface area contributed by atoms with Gasteiger partial charge in [-0.1, -0.05) is 24.3 Å². The molecule has 3 heterocycles. The molecule has 43 heavy (non-hydrogen) atoms. The van der Waals surface area contributed by atoms with Crippen molar-refractivity contribution in [2.75, 3.05) is 6.79 Å². The third kappa shape index (κ3) is 5.48. The fourth-order valence-electron chi connectivity index (χ4n) is 5.32. The van der Waals surface area contributed by atoms with Crippen LogP contribution in [0.5, 0.6) is 11.5 Å². The third-order valence-corrected chi connectivity index (χ3v) is 7.50. The lowest BCUT2D eigenvalue weighted by molar-refractivity contribution is -0.148. The van der Waals surface area contributed by atoms with Crippen molar-refractivity contribution in [1.29, 1.82) is 5.26 Å². The zero-order chi connectivity index (χ0) is 30.1. The molecule has 2 aliphatic rings. The highest BCUT2D eigenvalue weighted by Crippen LogP contribution is 2.34. The lowest BCUT2D eigenvalue weighted by Gasteiger charge is -2.31. The normalized spacial score (nSPS) is 17.2. The Morgan fingerprint density at radius 1 is 1.05 bits per heavy atom. The number of H-pyrrole nitrogens is 1. The van der Waals surface area contributed by atoms with Gasteiger partial charge in [-0.05, 0) is 65.9 Å². The second kappa shape index (κ2) is 11.3. The number of esters is 1. The van der Waals surface area contributed by atoms with Crippen LogP contribution in [0.4, 0.5) is 4.79 Å². The van der Waals surface area contributed by atoms with Gasteiger partial charge in [-0.25, -0.2) is 9.79 Å². The molecule has 1 aromatic heterocycles. The van der Waals surface area contributed by atoms with E-state index in [0.29, 0.717) is 51.4 Å². The zero-order valence-corrected chi connectivity index (χ0v) is 23.0. The average Bonchev–Trinajstić information content (AvgIpc) is 3.49. The molecule has 0 bridgehead atoms. The van der Waals surface area contributed by atoms with Crippen LogP contribution in [0.25, 0.3) is 11.0 Å². The summed E-state index contributed by atoms with van der Waals surface area (Å²) in [4.78, 5) is 57.7. The van der Waals surface area contributed by atoms with Crippen molar-refractivity contribution < 1.29 is 23.8 Å². The van der Waals surface area contributed by atoms with E-state index in [1.54, 1.807) is 48.5 Å². The Morgan fingerprint density at radius 2 is 1.88 bits per heavy atom. The summed E-state index contributed by atoms with van der Waals surface area (Å²) in [6.07, 6.45) is 0.725. The van der Waals surface area contributed by atoms with Crippen LogP contribution in [-0.4, -0.2) is 34.1 Å². The van der Waals surface area contributed by atoms with Gasteiger partial charge in [0.1, 0.15) is 12.5 Å². The molecule has 0 radical (unpaired) electrons. The lowest BCUT2D eigenvalue weighted by Crippen LogP contribution is -2.45. The molecular formula is C31H25N5O7. The number of nitriles is 1. The Bertz CT molecular complexity index is 1970. The van der Waals surface area contributed by atoms with E-state index in [0.717, 1.165) is 5.56 Å². The topological polar surface area (TPSA) is 165 Å². The summed E-state index contributed by atoms with van der Waals surface area (Å²) in [5.74, 6) is -0.353. The summed E-state index contributed by atoms with van der Waals surface area (Å²) < 4.78 is 17.8. The molecule has 0 saturated heterocycles. The van der Waals surface area contributed by atoms with Crippen LogP contribution in [0.1, 0.15) is 34.7 Å². The van der Waals surface area contributed by atoms with E-state index in [9.17, 15) is 24.4 Å². The largest absolute Gasteiger partial charge is 0.460 e. The number of aromatic nitrogens is 2. The molecule has 0 saturated carbocycles. The highest BCUT2D eigenvalue weighted by atomic mass is 16.7. The van der Waals surface area contributed by atoms with Gasteiger partial charge in [-0.2, -0.15) is 5.26 Å². The number of nitrogens with zero attached hydrogens (tertiary/aromatic N) is 3. The van der Waals surface area contributed by atoms with Gasteiger partial charge in [-0.3, -0.25) is 14.4 Å². The predicted molar refractivity (Wildman–Crippen MR) is 154 cm³/mol. The molecule has 2 atom stereocenters. The maximum atomic E-state index is 13.7. The number of benzene rings is 3. The molecule has 4 aromatic rings. The van der Waals surface area contributed by atoms with E-state index in [1.165, 1.54) is 11.6 Å². The molecule has 2 amide bonds. The van der Waals surface area contributed by atoms with Crippen LogP contribution < -0.4 is 25.9 Å². The van der Waals surface area contributed by atoms with Crippen LogP contribution in [0.3, 0.4) is 0 Å². The van der Waals surface area contributed by atoms with Crippen molar-refractivity contribution in [2.45, 2.75) is 25.5 Å². The molecule has 216 valence electrons. The molecule has 0 fully saturated rings. The summed E-state index contributed by atoms with van der Waals surface area (Å²) >= 11 is 0. The first kappa shape index (κ1) is 27.5. The smallest absolute Gasteiger partial charge is 0.341 e. The first-order valence-electron chi connectivity index (χ1n) is 13.5. The number of aromatic amines is 1. The molecule has 12 nitrogen and oxygen atoms in total. The second-order valence-electron chi connectivity index (χ2n) is 10.2. The van der Waals surface area contributed by atoms with E-state index in [4.69, 9.17) is 14.2 Å². The SMILES string of the molecule is Cn1c(=O)c(=O)[nH]c2cc(C3NC(=O)N=C(CCc4ccc5c(c4)OCO5)C3C(=O)OCc3cccc(C#N)c3)ccc21. The molecule has 0 spiro atoms. The van der Waals surface area contributed by atoms with Gasteiger partial charge in [-0.15, -0.1) is 0 Å². The molecule has 0 aliphatic carbocycles. The molecule has 12 heteroatoms. The lowest BCUT2D eigenvalue weighted by atomic mass is 9.85. The van der Waals surface area contributed by atoms with Crippen LogP contribution in [0, 0.1) is 17.2 Å². The van der Waals surface area contributed by atoms with Crippen LogP contribution in [-0.2, 0) is 29.6 Å². The standard InChI is InChI=1S/C31H25N5O7/c1-36-23-9-7-20(13-22(23)33-28(37)29(36)38)27-26(30(39)41-15-19-4-2-3-18(11-19)14-32)21(34-31(40)35-27)8-5-17-6-10-24-25(12-17)43-16-42-24/h2-4,6-7,9-13,26-27H,5,8,15-16H2,1H3,(H,33,37)(H,35,40). The van der Waals surface area contributed by atoms with Crippen molar-refractivity contribution in [3.63, 3.8) is 0 Å². The number of rotatable bonds is 7. The predicted octanol–water partition coefficient (Wildman–Crippen LogP) is 3.02. The Balaban J connectivity index is 1.33. The van der Waals surface area contributed by atoms with E-state index in [2.05, 4.69) is 21.4 Å². The van der Waals surface area contributed by atoms with E-state index >= 15 is 0 Å². The Kier molecular flexibility index (Phi) is 7.21. The fourth-order valence-corrected chi connectivity index (χ4v) is 5.32. The number of aliphatic imine (C=N–C) groups is 1. The van der Waals surface area contributed by atoms with Crippen molar-refractivity contribution in [3.05, 3.63) is 104 Å². The quantitative estimate of drug-likeness (QED) is 0.249. The monoisotopic (exact) mass is 579 g/mol. The molecule has 2 N–H and O–H groups in total. The highest BCUT2D eigenvalue weighted by molar-refractivity contribution is 6.09. The number of urea groups is 1. The van der Waals surface area contributed by atoms with Crippen molar-refractivity contribution in [2.24, 2.45) is 18.0 Å². The Morgan fingerprint density at radius 3 is 2.72 bits per heavy atom. The van der Waals surface area contributed by atoms with Crippen molar-refractivity contribution in [1.82, 2.24) is 14.9 Å². The number of fused-ring (bicyclic) bond motifs is 2. The Hall–Kier alpha value is -5.70. The third-order valence-electron chi connectivity index (χ3n) is 7.50. The summed E-state index contributed by atoms with van der Waals surface area (Å²) in [5.41, 5.74) is 2.16. The van der Waals surface area contributed by atoms with Gasteiger partial charge < -0.3 is 29.1 Å². The number of nitrogens with one attached hydrogen (secondary N) is 2. The minimum absolute atomic E-state index is 0.0892. The van der Waals surface area contributed by atoms with Crippen LogP contribution in [0.2, 0.25) is 0 Å². The van der Waals surface area contributed by atoms with Crippen LogP contribution >= 0.6 is 0 Å². The average molecular weight is 580 g/mol. The van der Waals surface area contributed by atoms with Crippen molar-refractivity contribution in [3.8, 4) is 17.6 Å². The van der Waals surface area contributed by atoms with Gasteiger partial charge in [0.2, 0.25) is 6.79 Å². The summed E-state index contributed by atoms with van der Waals surface area (Å²) in [6, 6.07) is 17.8. The second-order valence-corrected chi connectivity index (χ2v) is 10.2. The van der Waals surface area contributed by atoms with E-state index in [-0.39, 0.29) is 19.8 Å². The summed E-state index contributed by atoms with van der Waals surface area (Å²) in [7, 11) is 1.49. The molecule has 2 aliphatic heterocycles. The number of aryl methyl sites for hydroxylation is 2. The number of hydrogen-bond donors (Lipinski definition) is 2. The van der Waals surface area contributed by atoms with Gasteiger partial charge in [0.15, 0.2) is 11.5 Å². The molecular weight excluding hydrogens is 554 g/mol. The highest BCUT2D eigenvalue weighted by Gasteiger charge is 2.40. The number of carbonyl (C=O) groups is 2. The van der Waals surface area contributed by atoms with Gasteiger partial charge in [0.05, 0.1) is 28.7 Å². The molecule has 3 aromatic carbocycles. The molecule has 6 rings (SSSR count). The van der Waals surface area contributed by atoms with Crippen molar-refractivity contribution >= 4 is 28.7 Å². The number of amides is 2. The van der Waals surface area contributed by atoms with Gasteiger partial charge in [0.25, 0.3) is 0 Å². The number of hydrogen-bond acceptors (Lipinski definition) is 8. The number of carbonyl (C=O) groups excluding carboxylic acids is 2. The van der Waals surface area contributed by atoms with Crippen LogP contribution in [0.15, 0.2) is 75.2 Å². The maximum absolute atomic E-state index is 13.7. The van der Waals surface area contributed by atoms with Gasteiger partial charge in [0, 0.05) is 12.8 Å². The fraction of sp³-hybridized carbons (Fsp3) is 0.226. The number of ether oxygens (including phenoxy) is 3. The maximum Gasteiger partial charge on any atom is 0.341 e. The Labute approximate surface area is 244 Å². The minimum atomic E-state index is -0.998. The minimum Gasteiger partial charge on any atom is -0.460 e.